The number of fused-ring (bicyclic) bond motifs is 1. The maximum absolute atomic E-state index is 4.56. The molecule has 1 heterocycles. The Morgan fingerprint density at radius 2 is 1.71 bits per heavy atom. The van der Waals surface area contributed by atoms with Crippen molar-refractivity contribution < 1.29 is 0 Å². The van der Waals surface area contributed by atoms with Gasteiger partial charge in [-0.05, 0) is 56.1 Å². The van der Waals surface area contributed by atoms with E-state index in [1.165, 1.54) is 62.4 Å². The van der Waals surface area contributed by atoms with E-state index in [2.05, 4.69) is 34.6 Å². The molecule has 2 nitrogen and oxygen atoms in total. The summed E-state index contributed by atoms with van der Waals surface area (Å²) in [6, 6.07) is 11.2. The van der Waals surface area contributed by atoms with Crippen LogP contribution in [0.25, 0.3) is 10.9 Å². The van der Waals surface area contributed by atoms with Gasteiger partial charge < -0.3 is 5.32 Å². The van der Waals surface area contributed by atoms with Gasteiger partial charge in [-0.15, -0.1) is 0 Å². The third-order valence-corrected chi connectivity index (χ3v) is 5.70. The maximum atomic E-state index is 4.56. The van der Waals surface area contributed by atoms with Gasteiger partial charge in [0.1, 0.15) is 0 Å². The summed E-state index contributed by atoms with van der Waals surface area (Å²) in [6.07, 6.45) is 13.3. The van der Waals surface area contributed by atoms with Crippen LogP contribution in [0.2, 0.25) is 0 Å². The maximum Gasteiger partial charge on any atom is 0.0933 e. The van der Waals surface area contributed by atoms with Crippen LogP contribution in [-0.4, -0.2) is 11.0 Å². The molecular formula is C19H24N2. The zero-order chi connectivity index (χ0) is 14.1. The summed E-state index contributed by atoms with van der Waals surface area (Å²) in [6.45, 7) is 0. The van der Waals surface area contributed by atoms with Crippen LogP contribution in [0.3, 0.4) is 0 Å². The highest BCUT2D eigenvalue weighted by molar-refractivity contribution is 5.90. The quantitative estimate of drug-likeness (QED) is 0.823. The predicted octanol–water partition coefficient (Wildman–Crippen LogP) is 5.15. The van der Waals surface area contributed by atoms with Crippen LogP contribution in [0, 0.1) is 5.41 Å². The van der Waals surface area contributed by atoms with Crippen molar-refractivity contribution in [3.63, 3.8) is 0 Å². The Kier molecular flexibility index (Phi) is 3.33. The first-order valence-electron chi connectivity index (χ1n) is 8.45. The molecule has 1 N–H and O–H groups in total. The highest BCUT2D eigenvalue weighted by Crippen LogP contribution is 2.49. The molecule has 2 aliphatic rings. The summed E-state index contributed by atoms with van der Waals surface area (Å²) in [4.78, 5) is 4.56. The number of aromatic nitrogens is 1. The molecule has 0 saturated heterocycles. The summed E-state index contributed by atoms with van der Waals surface area (Å²) < 4.78 is 0. The Balaban J connectivity index is 1.49. The van der Waals surface area contributed by atoms with Crippen molar-refractivity contribution in [3.05, 3.63) is 36.5 Å². The number of nitrogens with zero attached hydrogens (tertiary/aromatic N) is 1. The van der Waals surface area contributed by atoms with Crippen LogP contribution < -0.4 is 5.32 Å². The van der Waals surface area contributed by atoms with E-state index in [1.807, 2.05) is 12.3 Å². The highest BCUT2D eigenvalue weighted by atomic mass is 14.9. The van der Waals surface area contributed by atoms with Gasteiger partial charge >= 0.3 is 0 Å². The fraction of sp³-hybridized carbons (Fsp3) is 0.526. The average Bonchev–Trinajstić information content (AvgIpc) is 2.99. The Hall–Kier alpha value is -1.57. The van der Waals surface area contributed by atoms with Crippen LogP contribution in [-0.2, 0) is 0 Å². The molecular weight excluding hydrogens is 256 g/mol. The second-order valence-corrected chi connectivity index (χ2v) is 7.01. The number of anilines is 1. The zero-order valence-corrected chi connectivity index (χ0v) is 12.6. The van der Waals surface area contributed by atoms with Crippen molar-refractivity contribution >= 4 is 16.6 Å². The molecule has 0 unspecified atom stereocenters. The summed E-state index contributed by atoms with van der Waals surface area (Å²) in [5, 5.41) is 5.00. The summed E-state index contributed by atoms with van der Waals surface area (Å²) in [7, 11) is 0. The lowest BCUT2D eigenvalue weighted by Crippen LogP contribution is -2.31. The molecule has 0 aliphatic heterocycles. The van der Waals surface area contributed by atoms with Gasteiger partial charge in [-0.2, -0.15) is 0 Å². The van der Waals surface area contributed by atoms with E-state index in [4.69, 9.17) is 0 Å². The van der Waals surface area contributed by atoms with Gasteiger partial charge in [0.05, 0.1) is 11.2 Å². The van der Waals surface area contributed by atoms with Gasteiger partial charge in [0.2, 0.25) is 0 Å². The molecule has 2 heteroatoms. The van der Waals surface area contributed by atoms with Crippen molar-refractivity contribution in [1.82, 2.24) is 4.98 Å². The smallest absolute Gasteiger partial charge is 0.0933 e. The number of nitrogens with one attached hydrogen (secondary N) is 1. The molecule has 1 spiro atoms. The van der Waals surface area contributed by atoms with Crippen molar-refractivity contribution in [1.29, 1.82) is 0 Å². The minimum atomic E-state index is 0.629. The van der Waals surface area contributed by atoms with Crippen molar-refractivity contribution in [2.75, 3.05) is 5.32 Å². The van der Waals surface area contributed by atoms with Crippen LogP contribution >= 0.6 is 0 Å². The second-order valence-electron chi connectivity index (χ2n) is 7.01. The van der Waals surface area contributed by atoms with Gasteiger partial charge in [-0.3, -0.25) is 4.98 Å². The molecule has 2 aliphatic carbocycles. The Bertz CT molecular complexity index is 613. The Morgan fingerprint density at radius 1 is 0.952 bits per heavy atom. The van der Waals surface area contributed by atoms with E-state index in [-0.39, 0.29) is 0 Å². The second kappa shape index (κ2) is 5.32. The standard InChI is InChI=1S/C19H24N2/c1-2-11-19(10-1)12-8-16(9-13-19)21-17-7-3-5-15-6-4-14-20-18(15)17/h3-7,14,16,21H,1-2,8-13H2. The van der Waals surface area contributed by atoms with Crippen LogP contribution in [0.1, 0.15) is 51.4 Å². The van der Waals surface area contributed by atoms with E-state index >= 15 is 0 Å². The van der Waals surface area contributed by atoms with Gasteiger partial charge in [0.15, 0.2) is 0 Å². The summed E-state index contributed by atoms with van der Waals surface area (Å²) >= 11 is 0. The molecule has 0 amide bonds. The van der Waals surface area contributed by atoms with Crippen molar-refractivity contribution in [2.24, 2.45) is 5.41 Å². The van der Waals surface area contributed by atoms with E-state index < -0.39 is 0 Å². The Labute approximate surface area is 127 Å². The molecule has 110 valence electrons. The lowest BCUT2D eigenvalue weighted by molar-refractivity contribution is 0.188. The molecule has 4 rings (SSSR count). The van der Waals surface area contributed by atoms with E-state index in [0.717, 1.165) is 10.9 Å². The molecule has 2 aromatic rings. The summed E-state index contributed by atoms with van der Waals surface area (Å²) in [5.41, 5.74) is 3.04. The van der Waals surface area contributed by atoms with Crippen LogP contribution in [0.5, 0.6) is 0 Å². The molecule has 2 fully saturated rings. The molecule has 0 radical (unpaired) electrons. The minimum Gasteiger partial charge on any atom is -0.381 e. The molecule has 1 aromatic heterocycles. The van der Waals surface area contributed by atoms with Gasteiger partial charge in [0.25, 0.3) is 0 Å². The largest absolute Gasteiger partial charge is 0.381 e. The zero-order valence-electron chi connectivity index (χ0n) is 12.6. The van der Waals surface area contributed by atoms with E-state index in [1.54, 1.807) is 0 Å². The van der Waals surface area contributed by atoms with Crippen LogP contribution in [0.4, 0.5) is 5.69 Å². The third kappa shape index (κ3) is 2.52. The van der Waals surface area contributed by atoms with E-state index in [9.17, 15) is 0 Å². The SMILES string of the molecule is c1cnc2c(NC3CCC4(CCCC4)CC3)cccc2c1. The molecule has 1 aromatic carbocycles. The number of hydrogen-bond donors (Lipinski definition) is 1. The van der Waals surface area contributed by atoms with Gasteiger partial charge in [0, 0.05) is 17.6 Å². The first-order valence-corrected chi connectivity index (χ1v) is 8.45. The lowest BCUT2D eigenvalue weighted by atomic mass is 9.71. The number of pyridine rings is 1. The van der Waals surface area contributed by atoms with Crippen LogP contribution in [0.15, 0.2) is 36.5 Å². The van der Waals surface area contributed by atoms with Crippen molar-refractivity contribution in [3.8, 4) is 0 Å². The number of benzene rings is 1. The molecule has 0 atom stereocenters. The Morgan fingerprint density at radius 3 is 2.52 bits per heavy atom. The van der Waals surface area contributed by atoms with Gasteiger partial charge in [-0.25, -0.2) is 0 Å². The first kappa shape index (κ1) is 13.1. The predicted molar refractivity (Wildman–Crippen MR) is 88.5 cm³/mol. The number of rotatable bonds is 2. The normalized spacial score (nSPS) is 21.9. The first-order chi connectivity index (χ1) is 10.3. The van der Waals surface area contributed by atoms with E-state index in [0.29, 0.717) is 6.04 Å². The minimum absolute atomic E-state index is 0.629. The fourth-order valence-corrected chi connectivity index (χ4v) is 4.44. The third-order valence-electron chi connectivity index (χ3n) is 5.70. The van der Waals surface area contributed by atoms with Crippen molar-refractivity contribution in [2.45, 2.75) is 57.4 Å². The topological polar surface area (TPSA) is 24.9 Å². The number of hydrogen-bond acceptors (Lipinski definition) is 2. The number of para-hydroxylation sites is 1. The lowest BCUT2D eigenvalue weighted by Gasteiger charge is -2.38. The molecule has 2 saturated carbocycles. The summed E-state index contributed by atoms with van der Waals surface area (Å²) in [5.74, 6) is 0. The molecule has 0 bridgehead atoms. The fourth-order valence-electron chi connectivity index (χ4n) is 4.44. The van der Waals surface area contributed by atoms with Gasteiger partial charge in [-0.1, -0.05) is 31.0 Å². The monoisotopic (exact) mass is 280 g/mol. The average molecular weight is 280 g/mol. The molecule has 21 heavy (non-hydrogen) atoms. The highest BCUT2D eigenvalue weighted by Gasteiger charge is 2.37.